The topological polar surface area (TPSA) is 76.3 Å². The molecule has 1 atom stereocenters. The maximum atomic E-state index is 11.9. The molecular formula is C13H20N4O3. The van der Waals surface area contributed by atoms with Crippen molar-refractivity contribution in [1.29, 1.82) is 0 Å². The van der Waals surface area contributed by atoms with Crippen LogP contribution < -0.4 is 21.5 Å². The predicted molar refractivity (Wildman–Crippen MR) is 76.0 cm³/mol. The summed E-state index contributed by atoms with van der Waals surface area (Å²) in [5.41, 5.74) is -0.654. The molecule has 7 heteroatoms. The SMILES string of the molecule is CC(=O)NC1CCCN(c2cc(=O)n(C)c(=O)n2C)C1. The van der Waals surface area contributed by atoms with Gasteiger partial charge in [0.2, 0.25) is 5.91 Å². The minimum absolute atomic E-state index is 0.0559. The lowest BCUT2D eigenvalue weighted by Gasteiger charge is -2.35. The fraction of sp³-hybridized carbons (Fsp3) is 0.615. The molecule has 1 unspecified atom stereocenters. The molecule has 0 radical (unpaired) electrons. The van der Waals surface area contributed by atoms with E-state index in [0.717, 1.165) is 24.0 Å². The molecule has 110 valence electrons. The van der Waals surface area contributed by atoms with Crippen molar-refractivity contribution in [3.05, 3.63) is 26.9 Å². The number of rotatable bonds is 2. The van der Waals surface area contributed by atoms with Crippen LogP contribution in [0.25, 0.3) is 0 Å². The van der Waals surface area contributed by atoms with Crippen LogP contribution in [0.1, 0.15) is 19.8 Å². The van der Waals surface area contributed by atoms with Gasteiger partial charge in [0, 0.05) is 46.2 Å². The lowest BCUT2D eigenvalue weighted by atomic mass is 10.1. The van der Waals surface area contributed by atoms with E-state index in [1.807, 2.05) is 4.90 Å². The molecule has 0 spiro atoms. The Labute approximate surface area is 116 Å². The Morgan fingerprint density at radius 1 is 1.30 bits per heavy atom. The molecule has 1 aliphatic rings. The quantitative estimate of drug-likeness (QED) is 0.768. The van der Waals surface area contributed by atoms with Gasteiger partial charge < -0.3 is 10.2 Å². The highest BCUT2D eigenvalue weighted by atomic mass is 16.2. The summed E-state index contributed by atoms with van der Waals surface area (Å²) in [6.45, 7) is 2.88. The van der Waals surface area contributed by atoms with Gasteiger partial charge in [-0.25, -0.2) is 4.79 Å². The first-order valence-electron chi connectivity index (χ1n) is 6.69. The Hall–Kier alpha value is -2.05. The summed E-state index contributed by atoms with van der Waals surface area (Å²) in [6, 6.07) is 1.53. The molecule has 1 amide bonds. The molecule has 0 aliphatic carbocycles. The minimum Gasteiger partial charge on any atom is -0.356 e. The summed E-state index contributed by atoms with van der Waals surface area (Å²) in [6.07, 6.45) is 1.82. The zero-order chi connectivity index (χ0) is 14.9. The van der Waals surface area contributed by atoms with E-state index in [0.29, 0.717) is 12.4 Å². The zero-order valence-corrected chi connectivity index (χ0v) is 12.0. The van der Waals surface area contributed by atoms with E-state index in [2.05, 4.69) is 5.32 Å². The van der Waals surface area contributed by atoms with Gasteiger partial charge in [-0.15, -0.1) is 0 Å². The third-order valence-corrected chi connectivity index (χ3v) is 3.65. The van der Waals surface area contributed by atoms with Gasteiger partial charge in [0.25, 0.3) is 5.56 Å². The molecule has 1 N–H and O–H groups in total. The molecule has 0 bridgehead atoms. The van der Waals surface area contributed by atoms with Gasteiger partial charge in [0.15, 0.2) is 0 Å². The van der Waals surface area contributed by atoms with E-state index in [1.165, 1.54) is 24.6 Å². The average Bonchev–Trinajstić information content (AvgIpc) is 2.40. The minimum atomic E-state index is -0.339. The van der Waals surface area contributed by atoms with Gasteiger partial charge >= 0.3 is 5.69 Å². The molecule has 1 aromatic rings. The molecule has 0 aromatic carbocycles. The second-order valence-corrected chi connectivity index (χ2v) is 5.23. The van der Waals surface area contributed by atoms with E-state index in [9.17, 15) is 14.4 Å². The number of amides is 1. The van der Waals surface area contributed by atoms with Crippen LogP contribution in [0.2, 0.25) is 0 Å². The molecule has 1 aliphatic heterocycles. The third kappa shape index (κ3) is 2.76. The summed E-state index contributed by atoms with van der Waals surface area (Å²) < 4.78 is 2.55. The van der Waals surface area contributed by atoms with Gasteiger partial charge in [-0.05, 0) is 12.8 Å². The summed E-state index contributed by atoms with van der Waals surface area (Å²) in [7, 11) is 3.11. The van der Waals surface area contributed by atoms with Gasteiger partial charge in [-0.3, -0.25) is 18.7 Å². The molecule has 0 saturated carbocycles. The zero-order valence-electron chi connectivity index (χ0n) is 12.0. The van der Waals surface area contributed by atoms with E-state index in [-0.39, 0.29) is 23.2 Å². The maximum Gasteiger partial charge on any atom is 0.332 e. The number of hydrogen-bond acceptors (Lipinski definition) is 4. The maximum absolute atomic E-state index is 11.9. The summed E-state index contributed by atoms with van der Waals surface area (Å²) in [5.74, 6) is 0.544. The van der Waals surface area contributed by atoms with Crippen molar-refractivity contribution < 1.29 is 4.79 Å². The van der Waals surface area contributed by atoms with Crippen LogP contribution in [0.5, 0.6) is 0 Å². The highest BCUT2D eigenvalue weighted by molar-refractivity contribution is 5.73. The number of nitrogens with zero attached hydrogens (tertiary/aromatic N) is 3. The number of carbonyl (C=O) groups is 1. The highest BCUT2D eigenvalue weighted by Gasteiger charge is 2.23. The Morgan fingerprint density at radius 3 is 2.65 bits per heavy atom. The molecule has 1 aromatic heterocycles. The van der Waals surface area contributed by atoms with Gasteiger partial charge in [0.05, 0.1) is 0 Å². The van der Waals surface area contributed by atoms with Crippen LogP contribution in [-0.4, -0.2) is 34.2 Å². The van der Waals surface area contributed by atoms with Crippen LogP contribution in [0, 0.1) is 0 Å². The van der Waals surface area contributed by atoms with E-state index in [1.54, 1.807) is 7.05 Å². The lowest BCUT2D eigenvalue weighted by molar-refractivity contribution is -0.119. The molecule has 2 heterocycles. The molecule has 7 nitrogen and oxygen atoms in total. The first kappa shape index (κ1) is 14.4. The van der Waals surface area contributed by atoms with E-state index in [4.69, 9.17) is 0 Å². The molecule has 20 heavy (non-hydrogen) atoms. The van der Waals surface area contributed by atoms with Crippen molar-refractivity contribution in [2.24, 2.45) is 14.1 Å². The largest absolute Gasteiger partial charge is 0.356 e. The van der Waals surface area contributed by atoms with Crippen LogP contribution in [0.15, 0.2) is 15.7 Å². The van der Waals surface area contributed by atoms with Gasteiger partial charge in [-0.1, -0.05) is 0 Å². The van der Waals surface area contributed by atoms with Crippen LogP contribution in [-0.2, 0) is 18.9 Å². The third-order valence-electron chi connectivity index (χ3n) is 3.65. The van der Waals surface area contributed by atoms with Crippen molar-refractivity contribution in [2.45, 2.75) is 25.8 Å². The number of nitrogens with one attached hydrogen (secondary N) is 1. The van der Waals surface area contributed by atoms with Crippen molar-refractivity contribution in [3.63, 3.8) is 0 Å². The number of anilines is 1. The summed E-state index contributed by atoms with van der Waals surface area (Å²) in [4.78, 5) is 36.8. The van der Waals surface area contributed by atoms with E-state index >= 15 is 0 Å². The summed E-state index contributed by atoms with van der Waals surface area (Å²) in [5, 5.41) is 2.89. The smallest absolute Gasteiger partial charge is 0.332 e. The summed E-state index contributed by atoms with van der Waals surface area (Å²) >= 11 is 0. The van der Waals surface area contributed by atoms with Crippen LogP contribution in [0.3, 0.4) is 0 Å². The van der Waals surface area contributed by atoms with Crippen LogP contribution in [0.4, 0.5) is 5.82 Å². The van der Waals surface area contributed by atoms with Crippen molar-refractivity contribution in [1.82, 2.24) is 14.5 Å². The predicted octanol–water partition coefficient (Wildman–Crippen LogP) is -0.811. The average molecular weight is 280 g/mol. The standard InChI is InChI=1S/C13H20N4O3/c1-9(18)14-10-5-4-6-17(8-10)11-7-12(19)16(3)13(20)15(11)2/h7,10H,4-6,8H2,1-3H3,(H,14,18). The number of aromatic nitrogens is 2. The van der Waals surface area contributed by atoms with Crippen molar-refractivity contribution >= 4 is 11.7 Å². The first-order valence-corrected chi connectivity index (χ1v) is 6.69. The molecule has 1 fully saturated rings. The fourth-order valence-electron chi connectivity index (χ4n) is 2.62. The second kappa shape index (κ2) is 5.52. The van der Waals surface area contributed by atoms with Gasteiger partial charge in [-0.2, -0.15) is 0 Å². The first-order chi connectivity index (χ1) is 9.40. The number of carbonyl (C=O) groups excluding carboxylic acids is 1. The lowest BCUT2D eigenvalue weighted by Crippen LogP contribution is -2.49. The Kier molecular flexibility index (Phi) is 3.96. The number of hydrogen-bond donors (Lipinski definition) is 1. The molecular weight excluding hydrogens is 260 g/mol. The molecule has 1 saturated heterocycles. The van der Waals surface area contributed by atoms with Crippen molar-refractivity contribution in [2.75, 3.05) is 18.0 Å². The van der Waals surface area contributed by atoms with Crippen molar-refractivity contribution in [3.8, 4) is 0 Å². The van der Waals surface area contributed by atoms with E-state index < -0.39 is 0 Å². The highest BCUT2D eigenvalue weighted by Crippen LogP contribution is 2.17. The Balaban J connectivity index is 2.30. The fourth-order valence-corrected chi connectivity index (χ4v) is 2.62. The second-order valence-electron chi connectivity index (χ2n) is 5.23. The Morgan fingerprint density at radius 2 is 2.00 bits per heavy atom. The van der Waals surface area contributed by atoms with Crippen LogP contribution >= 0.6 is 0 Å². The molecule has 2 rings (SSSR count). The monoisotopic (exact) mass is 280 g/mol. The normalized spacial score (nSPS) is 18.9. The number of piperidine rings is 1. The Bertz CT molecular complexity index is 631. The van der Waals surface area contributed by atoms with Gasteiger partial charge in [0.1, 0.15) is 5.82 Å².